The number of benzene rings is 2. The maximum Gasteiger partial charge on any atom is 0.243 e. The molecule has 1 saturated heterocycles. The van der Waals surface area contributed by atoms with Crippen LogP contribution in [0.3, 0.4) is 0 Å². The molecule has 2 N–H and O–H groups in total. The molecule has 8 heteroatoms. The summed E-state index contributed by atoms with van der Waals surface area (Å²) in [4.78, 5) is 15.8. The van der Waals surface area contributed by atoms with E-state index in [0.717, 1.165) is 16.5 Å². The Labute approximate surface area is 163 Å². The lowest BCUT2D eigenvalue weighted by Gasteiger charge is -2.26. The van der Waals surface area contributed by atoms with Crippen molar-refractivity contribution in [3.05, 3.63) is 60.3 Å². The second-order valence-electron chi connectivity index (χ2n) is 6.63. The van der Waals surface area contributed by atoms with Gasteiger partial charge in [-0.05, 0) is 29.8 Å². The highest BCUT2D eigenvalue weighted by Crippen LogP contribution is 2.22. The standard InChI is InChI=1S/C20H21N3O4S/c24-20(12-15-14-21-19-7-2-1-6-18(15)19)22-16-4-3-5-17(13-16)28(25,26)23-8-10-27-11-9-23/h1-7,13-14,21H,8-12H2,(H,22,24). The summed E-state index contributed by atoms with van der Waals surface area (Å²) >= 11 is 0. The van der Waals surface area contributed by atoms with Gasteiger partial charge in [0.25, 0.3) is 0 Å². The molecule has 4 rings (SSSR count). The predicted molar refractivity (Wildman–Crippen MR) is 107 cm³/mol. The number of aromatic nitrogens is 1. The van der Waals surface area contributed by atoms with Gasteiger partial charge in [-0.3, -0.25) is 4.79 Å². The van der Waals surface area contributed by atoms with Crippen LogP contribution in [0.2, 0.25) is 0 Å². The quantitative estimate of drug-likeness (QED) is 0.689. The Bertz CT molecular complexity index is 1100. The smallest absolute Gasteiger partial charge is 0.243 e. The van der Waals surface area contributed by atoms with Gasteiger partial charge in [0, 0.05) is 35.9 Å². The second kappa shape index (κ2) is 7.75. The van der Waals surface area contributed by atoms with Crippen LogP contribution in [0.1, 0.15) is 5.56 Å². The van der Waals surface area contributed by atoms with Crippen molar-refractivity contribution in [3.8, 4) is 0 Å². The molecule has 146 valence electrons. The van der Waals surface area contributed by atoms with Gasteiger partial charge in [0.2, 0.25) is 15.9 Å². The topological polar surface area (TPSA) is 91.5 Å². The fourth-order valence-electron chi connectivity index (χ4n) is 3.33. The molecule has 7 nitrogen and oxygen atoms in total. The summed E-state index contributed by atoms with van der Waals surface area (Å²) in [6, 6.07) is 14.1. The average Bonchev–Trinajstić information content (AvgIpc) is 3.12. The van der Waals surface area contributed by atoms with Crippen molar-refractivity contribution in [1.82, 2.24) is 9.29 Å². The zero-order valence-electron chi connectivity index (χ0n) is 15.2. The molecular formula is C20H21N3O4S. The number of amides is 1. The Balaban J connectivity index is 1.49. The van der Waals surface area contributed by atoms with Gasteiger partial charge in [-0.2, -0.15) is 4.31 Å². The molecule has 0 unspecified atom stereocenters. The van der Waals surface area contributed by atoms with Crippen LogP contribution in [-0.2, 0) is 26.0 Å². The molecule has 0 spiro atoms. The average molecular weight is 399 g/mol. The van der Waals surface area contributed by atoms with Gasteiger partial charge >= 0.3 is 0 Å². The monoisotopic (exact) mass is 399 g/mol. The maximum atomic E-state index is 12.8. The first-order valence-electron chi connectivity index (χ1n) is 9.07. The number of hydrogen-bond acceptors (Lipinski definition) is 4. The molecule has 0 atom stereocenters. The minimum Gasteiger partial charge on any atom is -0.379 e. The fourth-order valence-corrected chi connectivity index (χ4v) is 4.78. The number of morpholine rings is 1. The van der Waals surface area contributed by atoms with Gasteiger partial charge in [-0.1, -0.05) is 24.3 Å². The normalized spacial score (nSPS) is 15.6. The van der Waals surface area contributed by atoms with Crippen molar-refractivity contribution in [2.75, 3.05) is 31.6 Å². The molecule has 0 radical (unpaired) electrons. The van der Waals surface area contributed by atoms with Crippen LogP contribution in [0.4, 0.5) is 5.69 Å². The number of aromatic amines is 1. The Kier molecular flexibility index (Phi) is 5.17. The molecule has 1 amide bonds. The van der Waals surface area contributed by atoms with Crippen LogP contribution >= 0.6 is 0 Å². The van der Waals surface area contributed by atoms with Crippen molar-refractivity contribution < 1.29 is 17.9 Å². The molecule has 2 aromatic carbocycles. The number of para-hydroxylation sites is 1. The number of fused-ring (bicyclic) bond motifs is 1. The lowest BCUT2D eigenvalue weighted by atomic mass is 10.1. The lowest BCUT2D eigenvalue weighted by Crippen LogP contribution is -2.40. The highest BCUT2D eigenvalue weighted by atomic mass is 32.2. The molecule has 2 heterocycles. The van der Waals surface area contributed by atoms with Gasteiger partial charge in [0.15, 0.2) is 0 Å². The number of carbonyl (C=O) groups excluding carboxylic acids is 1. The summed E-state index contributed by atoms with van der Waals surface area (Å²) < 4.78 is 32.2. The third-order valence-corrected chi connectivity index (χ3v) is 6.65. The first-order chi connectivity index (χ1) is 13.5. The van der Waals surface area contributed by atoms with E-state index in [1.165, 1.54) is 10.4 Å². The largest absolute Gasteiger partial charge is 0.379 e. The minimum absolute atomic E-state index is 0.166. The Hall–Kier alpha value is -2.68. The molecule has 28 heavy (non-hydrogen) atoms. The first kappa shape index (κ1) is 18.7. The molecule has 0 saturated carbocycles. The first-order valence-corrected chi connectivity index (χ1v) is 10.5. The number of hydrogen-bond donors (Lipinski definition) is 2. The van der Waals surface area contributed by atoms with Gasteiger partial charge in [-0.25, -0.2) is 8.42 Å². The lowest BCUT2D eigenvalue weighted by molar-refractivity contribution is -0.115. The van der Waals surface area contributed by atoms with Crippen molar-refractivity contribution >= 4 is 32.5 Å². The summed E-state index contributed by atoms with van der Waals surface area (Å²) in [7, 11) is -3.60. The highest BCUT2D eigenvalue weighted by molar-refractivity contribution is 7.89. The van der Waals surface area contributed by atoms with E-state index in [2.05, 4.69) is 10.3 Å². The summed E-state index contributed by atoms with van der Waals surface area (Å²) in [5.74, 6) is -0.203. The second-order valence-corrected chi connectivity index (χ2v) is 8.57. The van der Waals surface area contributed by atoms with E-state index >= 15 is 0 Å². The summed E-state index contributed by atoms with van der Waals surface area (Å²) in [5.41, 5.74) is 2.33. The van der Waals surface area contributed by atoms with E-state index in [9.17, 15) is 13.2 Å². The summed E-state index contributed by atoms with van der Waals surface area (Å²) in [6.07, 6.45) is 2.02. The van der Waals surface area contributed by atoms with E-state index in [1.54, 1.807) is 18.2 Å². The van der Waals surface area contributed by atoms with Crippen molar-refractivity contribution in [2.45, 2.75) is 11.3 Å². The third-order valence-electron chi connectivity index (χ3n) is 4.75. The molecule has 1 fully saturated rings. The van der Waals surface area contributed by atoms with E-state index in [4.69, 9.17) is 4.74 Å². The zero-order chi connectivity index (χ0) is 19.6. The van der Waals surface area contributed by atoms with Crippen LogP contribution < -0.4 is 5.32 Å². The van der Waals surface area contributed by atoms with E-state index in [-0.39, 0.29) is 17.2 Å². The number of H-pyrrole nitrogens is 1. The number of rotatable bonds is 5. The summed E-state index contributed by atoms with van der Waals surface area (Å²) in [6.45, 7) is 1.44. The SMILES string of the molecule is O=C(Cc1c[nH]c2ccccc12)Nc1cccc(S(=O)(=O)N2CCOCC2)c1. The Morgan fingerprint density at radius 2 is 1.89 bits per heavy atom. The van der Waals surface area contributed by atoms with Gasteiger partial charge < -0.3 is 15.0 Å². The molecule has 1 aliphatic heterocycles. The van der Waals surface area contributed by atoms with Crippen molar-refractivity contribution in [2.24, 2.45) is 0 Å². The zero-order valence-corrected chi connectivity index (χ0v) is 16.0. The highest BCUT2D eigenvalue weighted by Gasteiger charge is 2.26. The fraction of sp³-hybridized carbons (Fsp3) is 0.250. The van der Waals surface area contributed by atoms with Gasteiger partial charge in [0.05, 0.1) is 24.5 Å². The van der Waals surface area contributed by atoms with E-state index in [0.29, 0.717) is 32.0 Å². The number of nitrogens with one attached hydrogen (secondary N) is 2. The third kappa shape index (κ3) is 3.80. The molecular weight excluding hydrogens is 378 g/mol. The van der Waals surface area contributed by atoms with E-state index in [1.807, 2.05) is 30.5 Å². The molecule has 0 aliphatic carbocycles. The number of ether oxygens (including phenoxy) is 1. The minimum atomic E-state index is -3.60. The van der Waals surface area contributed by atoms with Crippen LogP contribution in [0.15, 0.2) is 59.6 Å². The summed E-state index contributed by atoms with van der Waals surface area (Å²) in [5, 5.41) is 3.80. The molecule has 3 aromatic rings. The number of nitrogens with zero attached hydrogens (tertiary/aromatic N) is 1. The Morgan fingerprint density at radius 3 is 2.71 bits per heavy atom. The van der Waals surface area contributed by atoms with E-state index < -0.39 is 10.0 Å². The molecule has 1 aromatic heterocycles. The molecule has 1 aliphatic rings. The number of anilines is 1. The van der Waals surface area contributed by atoms with Crippen LogP contribution in [0, 0.1) is 0 Å². The van der Waals surface area contributed by atoms with Crippen molar-refractivity contribution in [3.63, 3.8) is 0 Å². The number of sulfonamides is 1. The maximum absolute atomic E-state index is 12.8. The van der Waals surface area contributed by atoms with Crippen LogP contribution in [0.5, 0.6) is 0 Å². The number of carbonyl (C=O) groups is 1. The predicted octanol–water partition coefficient (Wildman–Crippen LogP) is 2.37. The van der Waals surface area contributed by atoms with Crippen molar-refractivity contribution in [1.29, 1.82) is 0 Å². The van der Waals surface area contributed by atoms with Crippen LogP contribution in [0.25, 0.3) is 10.9 Å². The Morgan fingerprint density at radius 1 is 1.11 bits per heavy atom. The molecule has 0 bridgehead atoms. The van der Waals surface area contributed by atoms with Gasteiger partial charge in [0.1, 0.15) is 0 Å². The van der Waals surface area contributed by atoms with Gasteiger partial charge in [-0.15, -0.1) is 0 Å². The van der Waals surface area contributed by atoms with Crippen LogP contribution in [-0.4, -0.2) is 49.9 Å².